The molecule has 0 atom stereocenters. The summed E-state index contributed by atoms with van der Waals surface area (Å²) in [5.74, 6) is -1.74. The van der Waals surface area contributed by atoms with Crippen molar-refractivity contribution < 1.29 is 49.0 Å². The summed E-state index contributed by atoms with van der Waals surface area (Å²) in [5.41, 5.74) is -3.21. The maximum Gasteiger partial charge on any atom is 0.422 e. The summed E-state index contributed by atoms with van der Waals surface area (Å²) in [4.78, 5) is 12.9. The number of carbonyl (C=O) groups is 1. The predicted octanol–water partition coefficient (Wildman–Crippen LogP) is 7.33. The molecule has 0 aliphatic rings. The summed E-state index contributed by atoms with van der Waals surface area (Å²) in [6.07, 6.45) is -14.4. The molecule has 0 aliphatic heterocycles. The quantitative estimate of drug-likeness (QED) is 0.356. The summed E-state index contributed by atoms with van der Waals surface area (Å²) >= 11 is 0. The maximum absolute atomic E-state index is 13.5. The highest BCUT2D eigenvalue weighted by Crippen LogP contribution is 2.37. The molecule has 1 heterocycles. The number of aromatic nitrogens is 1. The van der Waals surface area contributed by atoms with Gasteiger partial charge in [0, 0.05) is 11.4 Å². The lowest BCUT2D eigenvalue weighted by Crippen LogP contribution is -2.21. The van der Waals surface area contributed by atoms with Gasteiger partial charge in [0.05, 0.1) is 28.1 Å². The van der Waals surface area contributed by atoms with Crippen molar-refractivity contribution in [3.05, 3.63) is 76.6 Å². The van der Waals surface area contributed by atoms with Crippen LogP contribution in [0.3, 0.4) is 0 Å². The lowest BCUT2D eigenvalue weighted by atomic mass is 10.1. The fraction of sp³-hybridized carbons (Fsp3) is 0.261. The van der Waals surface area contributed by atoms with E-state index < -0.39 is 53.6 Å². The standard InChI is InChI=1S/C23H17F9N2O2/c1-12-9-15(13(2)34(12)18-6-4-3-5-16(18)23(30,31)32)20(35)33-17-10-14(22(27,28)29)7-8-19(17)36-11-21(24,25)26/h3-10H,11H2,1-2H3,(H,33,35). The molecule has 1 amide bonds. The first-order valence-electron chi connectivity index (χ1n) is 10.1. The number of hydrogen-bond donors (Lipinski definition) is 1. The van der Waals surface area contributed by atoms with Crippen LogP contribution in [0.1, 0.15) is 32.9 Å². The Hall–Kier alpha value is -3.64. The number of aryl methyl sites for hydroxylation is 1. The highest BCUT2D eigenvalue weighted by Gasteiger charge is 2.35. The number of rotatable bonds is 5. The molecule has 0 spiro atoms. The third kappa shape index (κ3) is 5.94. The molecule has 0 saturated heterocycles. The van der Waals surface area contributed by atoms with Crippen molar-refractivity contribution in [2.24, 2.45) is 0 Å². The molecule has 0 unspecified atom stereocenters. The van der Waals surface area contributed by atoms with Gasteiger partial charge in [-0.15, -0.1) is 0 Å². The molecule has 36 heavy (non-hydrogen) atoms. The fourth-order valence-corrected chi connectivity index (χ4v) is 3.55. The zero-order valence-corrected chi connectivity index (χ0v) is 18.5. The molecule has 0 aliphatic carbocycles. The van der Waals surface area contributed by atoms with Crippen molar-refractivity contribution in [2.75, 3.05) is 11.9 Å². The zero-order chi connectivity index (χ0) is 27.1. The van der Waals surface area contributed by atoms with Crippen LogP contribution in [0.15, 0.2) is 48.5 Å². The van der Waals surface area contributed by atoms with E-state index in [2.05, 4.69) is 10.1 Å². The number of amides is 1. The minimum Gasteiger partial charge on any atom is -0.482 e. The van der Waals surface area contributed by atoms with Gasteiger partial charge in [0.2, 0.25) is 0 Å². The monoisotopic (exact) mass is 524 g/mol. The number of carbonyl (C=O) groups excluding carboxylic acids is 1. The predicted molar refractivity (Wildman–Crippen MR) is 111 cm³/mol. The van der Waals surface area contributed by atoms with Gasteiger partial charge >= 0.3 is 18.5 Å². The maximum atomic E-state index is 13.5. The summed E-state index contributed by atoms with van der Waals surface area (Å²) in [7, 11) is 0. The topological polar surface area (TPSA) is 43.3 Å². The molecule has 3 aromatic rings. The first kappa shape index (κ1) is 27.0. The molecule has 13 heteroatoms. The number of alkyl halides is 9. The number of hydrogen-bond acceptors (Lipinski definition) is 2. The van der Waals surface area contributed by atoms with Gasteiger partial charge in [0.25, 0.3) is 5.91 Å². The molecule has 3 rings (SSSR count). The minimum absolute atomic E-state index is 0.0198. The lowest BCUT2D eigenvalue weighted by molar-refractivity contribution is -0.153. The van der Waals surface area contributed by atoms with Crippen LogP contribution in [-0.2, 0) is 12.4 Å². The molecule has 0 radical (unpaired) electrons. The Kier molecular flexibility index (Phi) is 7.06. The van der Waals surface area contributed by atoms with E-state index in [1.807, 2.05) is 0 Å². The second kappa shape index (κ2) is 9.43. The molecule has 1 N–H and O–H groups in total. The van der Waals surface area contributed by atoms with Gasteiger partial charge in [-0.2, -0.15) is 39.5 Å². The Labute approximate surface area is 198 Å². The molecule has 1 aromatic heterocycles. The van der Waals surface area contributed by atoms with E-state index in [1.165, 1.54) is 38.1 Å². The van der Waals surface area contributed by atoms with Crippen LogP contribution < -0.4 is 10.1 Å². The summed E-state index contributed by atoms with van der Waals surface area (Å²) in [5, 5.41) is 2.09. The third-order valence-electron chi connectivity index (χ3n) is 5.07. The second-order valence-electron chi connectivity index (χ2n) is 7.70. The minimum atomic E-state index is -4.88. The van der Waals surface area contributed by atoms with Crippen molar-refractivity contribution in [3.63, 3.8) is 0 Å². The molecular formula is C23H17F9N2O2. The van der Waals surface area contributed by atoms with Crippen LogP contribution in [0, 0.1) is 13.8 Å². The van der Waals surface area contributed by atoms with Crippen molar-refractivity contribution in [3.8, 4) is 11.4 Å². The number of para-hydroxylation sites is 1. The van der Waals surface area contributed by atoms with Crippen molar-refractivity contribution >= 4 is 11.6 Å². The smallest absolute Gasteiger partial charge is 0.422 e. The first-order valence-corrected chi connectivity index (χ1v) is 10.1. The normalized spacial score (nSPS) is 12.5. The van der Waals surface area contributed by atoms with Crippen LogP contribution in [0.25, 0.3) is 5.69 Å². The molecule has 4 nitrogen and oxygen atoms in total. The van der Waals surface area contributed by atoms with Gasteiger partial charge < -0.3 is 14.6 Å². The zero-order valence-electron chi connectivity index (χ0n) is 18.5. The van der Waals surface area contributed by atoms with Gasteiger partial charge in [-0.25, -0.2) is 0 Å². The van der Waals surface area contributed by atoms with Crippen LogP contribution >= 0.6 is 0 Å². The van der Waals surface area contributed by atoms with E-state index in [-0.39, 0.29) is 22.6 Å². The number of anilines is 1. The van der Waals surface area contributed by atoms with E-state index in [0.29, 0.717) is 18.2 Å². The Morgan fingerprint density at radius 1 is 0.889 bits per heavy atom. The van der Waals surface area contributed by atoms with Gasteiger partial charge in [-0.05, 0) is 50.2 Å². The van der Waals surface area contributed by atoms with Crippen LogP contribution in [0.5, 0.6) is 5.75 Å². The molecule has 0 fully saturated rings. The second-order valence-corrected chi connectivity index (χ2v) is 7.70. The molecule has 2 aromatic carbocycles. The van der Waals surface area contributed by atoms with E-state index >= 15 is 0 Å². The molecular weight excluding hydrogens is 507 g/mol. The van der Waals surface area contributed by atoms with Crippen molar-refractivity contribution in [1.29, 1.82) is 0 Å². The van der Waals surface area contributed by atoms with Gasteiger partial charge in [0.1, 0.15) is 5.75 Å². The van der Waals surface area contributed by atoms with Crippen molar-refractivity contribution in [1.82, 2.24) is 4.57 Å². The summed E-state index contributed by atoms with van der Waals surface area (Å²) < 4.78 is 123. The largest absolute Gasteiger partial charge is 0.482 e. The fourth-order valence-electron chi connectivity index (χ4n) is 3.55. The number of nitrogens with one attached hydrogen (secondary N) is 1. The van der Waals surface area contributed by atoms with E-state index in [1.54, 1.807) is 0 Å². The average molecular weight is 524 g/mol. The number of halogens is 9. The summed E-state index contributed by atoms with van der Waals surface area (Å²) in [6.45, 7) is 0.908. The Morgan fingerprint density at radius 3 is 2.11 bits per heavy atom. The SMILES string of the molecule is Cc1cc(C(=O)Nc2cc(C(F)(F)F)ccc2OCC(F)(F)F)c(C)n1-c1ccccc1C(F)(F)F. The molecule has 194 valence electrons. The number of nitrogens with zero attached hydrogens (tertiary/aromatic N) is 1. The molecule has 0 saturated carbocycles. The van der Waals surface area contributed by atoms with E-state index in [0.717, 1.165) is 10.6 Å². The van der Waals surface area contributed by atoms with E-state index in [9.17, 15) is 44.3 Å². The van der Waals surface area contributed by atoms with Gasteiger partial charge in [-0.3, -0.25) is 4.79 Å². The van der Waals surface area contributed by atoms with Gasteiger partial charge in [0.15, 0.2) is 6.61 Å². The van der Waals surface area contributed by atoms with Crippen LogP contribution in [-0.4, -0.2) is 23.3 Å². The summed E-state index contributed by atoms with van der Waals surface area (Å²) in [6, 6.07) is 7.30. The highest BCUT2D eigenvalue weighted by atomic mass is 19.4. The Morgan fingerprint density at radius 2 is 1.53 bits per heavy atom. The first-order chi connectivity index (χ1) is 16.5. The average Bonchev–Trinajstić information content (AvgIpc) is 3.04. The van der Waals surface area contributed by atoms with Crippen LogP contribution in [0.2, 0.25) is 0 Å². The number of ether oxygens (including phenoxy) is 1. The molecule has 0 bridgehead atoms. The van der Waals surface area contributed by atoms with Crippen LogP contribution in [0.4, 0.5) is 45.2 Å². The van der Waals surface area contributed by atoms with Gasteiger partial charge in [-0.1, -0.05) is 12.1 Å². The Balaban J connectivity index is 2.02. The van der Waals surface area contributed by atoms with Crippen molar-refractivity contribution in [2.45, 2.75) is 32.4 Å². The Bertz CT molecular complexity index is 1270. The number of benzene rings is 2. The third-order valence-corrected chi connectivity index (χ3v) is 5.07. The van der Waals surface area contributed by atoms with E-state index in [4.69, 9.17) is 0 Å². The lowest BCUT2D eigenvalue weighted by Gasteiger charge is -2.17. The highest BCUT2D eigenvalue weighted by molar-refractivity contribution is 6.06.